The third kappa shape index (κ3) is 3.29. The number of rotatable bonds is 6. The Morgan fingerprint density at radius 2 is 2.39 bits per heavy atom. The lowest BCUT2D eigenvalue weighted by molar-refractivity contribution is 0.393. The minimum Gasteiger partial charge on any atom is -0.480 e. The van der Waals surface area contributed by atoms with Gasteiger partial charge in [-0.1, -0.05) is 12.2 Å². The van der Waals surface area contributed by atoms with Crippen LogP contribution < -0.4 is 15.4 Å². The molecule has 7 heteroatoms. The van der Waals surface area contributed by atoms with E-state index in [4.69, 9.17) is 22.7 Å². The molecule has 2 N–H and O–H groups in total. The number of nitrogens with zero attached hydrogens (tertiary/aromatic N) is 3. The molecule has 1 heterocycles. The number of aromatic nitrogens is 2. The quantitative estimate of drug-likeness (QED) is 0.803. The summed E-state index contributed by atoms with van der Waals surface area (Å²) in [4.78, 5) is 11.4. The molecule has 0 saturated heterocycles. The minimum absolute atomic E-state index is 0.505. The fourth-order valence-corrected chi connectivity index (χ4v) is 2.13. The highest BCUT2D eigenvalue weighted by molar-refractivity contribution is 9.10. The minimum atomic E-state index is 0.505. The number of anilines is 1. The number of hydrogen-bond donors (Lipinski definition) is 1. The molecule has 0 radical (unpaired) electrons. The van der Waals surface area contributed by atoms with E-state index in [0.717, 1.165) is 11.0 Å². The molecule has 1 saturated carbocycles. The SMILES string of the molecule is COc1nc(N(CCC(N)=S)C2CC2)ncc1Br. The summed E-state index contributed by atoms with van der Waals surface area (Å²) in [6.07, 6.45) is 4.71. The summed E-state index contributed by atoms with van der Waals surface area (Å²) in [7, 11) is 1.59. The zero-order valence-electron chi connectivity index (χ0n) is 10.1. The van der Waals surface area contributed by atoms with E-state index in [-0.39, 0.29) is 0 Å². The Balaban J connectivity index is 2.16. The Labute approximate surface area is 120 Å². The molecular weight excluding hydrogens is 316 g/mol. The summed E-state index contributed by atoms with van der Waals surface area (Å²) in [6, 6.07) is 0.505. The molecule has 98 valence electrons. The van der Waals surface area contributed by atoms with E-state index >= 15 is 0 Å². The van der Waals surface area contributed by atoms with Gasteiger partial charge in [0.05, 0.1) is 22.8 Å². The summed E-state index contributed by atoms with van der Waals surface area (Å²) in [5.41, 5.74) is 5.55. The maximum absolute atomic E-state index is 5.55. The molecule has 1 fully saturated rings. The van der Waals surface area contributed by atoms with E-state index in [1.54, 1.807) is 13.3 Å². The highest BCUT2D eigenvalue weighted by atomic mass is 79.9. The van der Waals surface area contributed by atoms with Gasteiger partial charge >= 0.3 is 0 Å². The van der Waals surface area contributed by atoms with Crippen molar-refractivity contribution in [2.24, 2.45) is 5.73 Å². The number of methoxy groups -OCH3 is 1. The van der Waals surface area contributed by atoms with Crippen molar-refractivity contribution in [2.75, 3.05) is 18.6 Å². The molecule has 0 spiro atoms. The zero-order chi connectivity index (χ0) is 13.1. The molecule has 1 aromatic rings. The summed E-state index contributed by atoms with van der Waals surface area (Å²) < 4.78 is 5.94. The second-order valence-corrected chi connectivity index (χ2v) is 5.55. The first kappa shape index (κ1) is 13.5. The van der Waals surface area contributed by atoms with Crippen LogP contribution in [0.1, 0.15) is 19.3 Å². The number of halogens is 1. The van der Waals surface area contributed by atoms with Crippen LogP contribution in [0, 0.1) is 0 Å². The van der Waals surface area contributed by atoms with E-state index < -0.39 is 0 Å². The lowest BCUT2D eigenvalue weighted by Gasteiger charge is -2.22. The number of thiocarbonyl (C=S) groups is 1. The van der Waals surface area contributed by atoms with E-state index in [0.29, 0.717) is 29.3 Å². The van der Waals surface area contributed by atoms with E-state index in [9.17, 15) is 0 Å². The molecule has 1 aliphatic carbocycles. The van der Waals surface area contributed by atoms with Gasteiger partial charge < -0.3 is 15.4 Å². The fraction of sp³-hybridized carbons (Fsp3) is 0.545. The van der Waals surface area contributed by atoms with Gasteiger partial charge in [-0.2, -0.15) is 4.98 Å². The fourth-order valence-electron chi connectivity index (χ4n) is 1.69. The van der Waals surface area contributed by atoms with Crippen molar-refractivity contribution in [3.05, 3.63) is 10.7 Å². The van der Waals surface area contributed by atoms with Crippen LogP contribution in [-0.2, 0) is 0 Å². The first-order chi connectivity index (χ1) is 8.61. The van der Waals surface area contributed by atoms with Crippen LogP contribution >= 0.6 is 28.1 Å². The smallest absolute Gasteiger partial charge is 0.232 e. The van der Waals surface area contributed by atoms with Crippen LogP contribution in [0.2, 0.25) is 0 Å². The van der Waals surface area contributed by atoms with Crippen molar-refractivity contribution in [3.63, 3.8) is 0 Å². The van der Waals surface area contributed by atoms with Crippen molar-refractivity contribution >= 4 is 39.1 Å². The lowest BCUT2D eigenvalue weighted by Crippen LogP contribution is -2.31. The van der Waals surface area contributed by atoms with Crippen LogP contribution in [0.25, 0.3) is 0 Å². The Kier molecular flexibility index (Phi) is 4.34. The molecule has 0 unspecified atom stereocenters. The van der Waals surface area contributed by atoms with Gasteiger partial charge in [0.1, 0.15) is 0 Å². The molecule has 0 bridgehead atoms. The van der Waals surface area contributed by atoms with Crippen molar-refractivity contribution < 1.29 is 4.74 Å². The summed E-state index contributed by atoms with van der Waals surface area (Å²) >= 11 is 8.26. The predicted octanol–water partition coefficient (Wildman–Crippen LogP) is 1.89. The average Bonchev–Trinajstić information content (AvgIpc) is 3.15. The summed E-state index contributed by atoms with van der Waals surface area (Å²) in [5.74, 6) is 1.22. The Bertz CT molecular complexity index is 453. The Morgan fingerprint density at radius 3 is 2.94 bits per heavy atom. The largest absolute Gasteiger partial charge is 0.480 e. The van der Waals surface area contributed by atoms with Gasteiger partial charge in [0.15, 0.2) is 0 Å². The molecule has 18 heavy (non-hydrogen) atoms. The Hall–Kier alpha value is -0.950. The van der Waals surface area contributed by atoms with Gasteiger partial charge in [0, 0.05) is 19.0 Å². The first-order valence-corrected chi connectivity index (χ1v) is 6.93. The molecule has 0 aromatic carbocycles. The van der Waals surface area contributed by atoms with Gasteiger partial charge in [-0.05, 0) is 28.8 Å². The molecule has 2 rings (SSSR count). The highest BCUT2D eigenvalue weighted by Crippen LogP contribution is 2.31. The molecule has 5 nitrogen and oxygen atoms in total. The van der Waals surface area contributed by atoms with Crippen LogP contribution in [0.3, 0.4) is 0 Å². The molecule has 0 aliphatic heterocycles. The van der Waals surface area contributed by atoms with Crippen molar-refractivity contribution in [1.29, 1.82) is 0 Å². The molecule has 1 aromatic heterocycles. The second kappa shape index (κ2) is 5.79. The number of nitrogens with two attached hydrogens (primary N) is 1. The molecule has 0 amide bonds. The van der Waals surface area contributed by atoms with Crippen LogP contribution in [-0.4, -0.2) is 34.7 Å². The van der Waals surface area contributed by atoms with Crippen molar-refractivity contribution in [3.8, 4) is 5.88 Å². The second-order valence-electron chi connectivity index (χ2n) is 4.17. The van der Waals surface area contributed by atoms with Crippen LogP contribution in [0.5, 0.6) is 5.88 Å². The predicted molar refractivity (Wildman–Crippen MR) is 78.1 cm³/mol. The maximum atomic E-state index is 5.55. The lowest BCUT2D eigenvalue weighted by atomic mass is 10.4. The van der Waals surface area contributed by atoms with Crippen LogP contribution in [0.4, 0.5) is 5.95 Å². The van der Waals surface area contributed by atoms with Crippen LogP contribution in [0.15, 0.2) is 10.7 Å². The highest BCUT2D eigenvalue weighted by Gasteiger charge is 2.31. The maximum Gasteiger partial charge on any atom is 0.232 e. The van der Waals surface area contributed by atoms with Gasteiger partial charge in [-0.25, -0.2) is 4.98 Å². The van der Waals surface area contributed by atoms with E-state index in [1.165, 1.54) is 12.8 Å². The van der Waals surface area contributed by atoms with E-state index in [1.807, 2.05) is 0 Å². The average molecular weight is 331 g/mol. The van der Waals surface area contributed by atoms with Crippen molar-refractivity contribution in [1.82, 2.24) is 9.97 Å². The summed E-state index contributed by atoms with van der Waals surface area (Å²) in [5, 5.41) is 0. The summed E-state index contributed by atoms with van der Waals surface area (Å²) in [6.45, 7) is 0.755. The van der Waals surface area contributed by atoms with Gasteiger partial charge in [0.25, 0.3) is 0 Å². The third-order valence-corrected chi connectivity index (χ3v) is 3.48. The first-order valence-electron chi connectivity index (χ1n) is 5.73. The molecular formula is C11H15BrN4OS. The topological polar surface area (TPSA) is 64.3 Å². The molecule has 1 aliphatic rings. The Morgan fingerprint density at radius 1 is 1.67 bits per heavy atom. The van der Waals surface area contributed by atoms with E-state index in [2.05, 4.69) is 30.8 Å². The normalized spacial score (nSPS) is 14.3. The standard InChI is InChI=1S/C11H15BrN4OS/c1-17-10-8(12)6-14-11(15-10)16(7-2-3-7)5-4-9(13)18/h6-7H,2-5H2,1H3,(H2,13,18). The number of ether oxygens (including phenoxy) is 1. The van der Waals surface area contributed by atoms with Crippen molar-refractivity contribution in [2.45, 2.75) is 25.3 Å². The van der Waals surface area contributed by atoms with Gasteiger partial charge in [0.2, 0.25) is 11.8 Å². The zero-order valence-corrected chi connectivity index (χ0v) is 12.5. The molecule has 0 atom stereocenters. The van der Waals surface area contributed by atoms with Gasteiger partial charge in [-0.3, -0.25) is 0 Å². The third-order valence-electron chi connectivity index (χ3n) is 2.74. The van der Waals surface area contributed by atoms with Gasteiger partial charge in [-0.15, -0.1) is 0 Å². The number of hydrogen-bond acceptors (Lipinski definition) is 5. The monoisotopic (exact) mass is 330 g/mol.